The third kappa shape index (κ3) is 6.82. The van der Waals surface area contributed by atoms with Gasteiger partial charge in [-0.1, -0.05) is 106 Å². The molecule has 0 unspecified atom stereocenters. The molecule has 0 radical (unpaired) electrons. The molecule has 0 atom stereocenters. The SMILES string of the molecule is CCCCP(CCCC)c1ccc2ccccc2c1P(CCCC)CCCC. The van der Waals surface area contributed by atoms with Crippen LogP contribution in [-0.2, 0) is 0 Å². The van der Waals surface area contributed by atoms with Crippen LogP contribution < -0.4 is 10.6 Å². The van der Waals surface area contributed by atoms with Crippen LogP contribution in [0, 0.1) is 0 Å². The fraction of sp³-hybridized carbons (Fsp3) is 0.615. The molecule has 0 spiro atoms. The number of unbranched alkanes of at least 4 members (excludes halogenated alkanes) is 4. The van der Waals surface area contributed by atoms with Gasteiger partial charge in [0, 0.05) is 0 Å². The molecule has 28 heavy (non-hydrogen) atoms. The molecule has 0 nitrogen and oxygen atoms in total. The van der Waals surface area contributed by atoms with E-state index >= 15 is 0 Å². The Morgan fingerprint density at radius 3 is 1.61 bits per heavy atom. The van der Waals surface area contributed by atoms with Crippen molar-refractivity contribution in [3.63, 3.8) is 0 Å². The first kappa shape index (κ1) is 23.8. The highest BCUT2D eigenvalue weighted by atomic mass is 31.1. The number of benzene rings is 2. The zero-order valence-corrected chi connectivity index (χ0v) is 20.6. The molecule has 0 saturated heterocycles. The summed E-state index contributed by atoms with van der Waals surface area (Å²) < 4.78 is 0. The van der Waals surface area contributed by atoms with Crippen molar-refractivity contribution in [3.8, 4) is 0 Å². The summed E-state index contributed by atoms with van der Waals surface area (Å²) in [7, 11) is -0.0421. The summed E-state index contributed by atoms with van der Waals surface area (Å²) in [4.78, 5) is 0. The van der Waals surface area contributed by atoms with Gasteiger partial charge in [0.2, 0.25) is 0 Å². The van der Waals surface area contributed by atoms with E-state index in [0.29, 0.717) is 0 Å². The summed E-state index contributed by atoms with van der Waals surface area (Å²) in [6.07, 6.45) is 16.6. The molecule has 0 bridgehead atoms. The van der Waals surface area contributed by atoms with E-state index in [1.54, 1.807) is 10.7 Å². The van der Waals surface area contributed by atoms with Crippen molar-refractivity contribution < 1.29 is 0 Å². The van der Waals surface area contributed by atoms with Gasteiger partial charge in [0.15, 0.2) is 0 Å². The summed E-state index contributed by atoms with van der Waals surface area (Å²) in [5, 5.41) is 6.64. The van der Waals surface area contributed by atoms with Crippen LogP contribution in [0.5, 0.6) is 0 Å². The first-order chi connectivity index (χ1) is 13.8. The van der Waals surface area contributed by atoms with Crippen LogP contribution >= 0.6 is 15.8 Å². The summed E-state index contributed by atoms with van der Waals surface area (Å²) in [5.74, 6) is 0. The Bertz CT molecular complexity index is 663. The van der Waals surface area contributed by atoms with Crippen LogP contribution in [0.15, 0.2) is 36.4 Å². The topological polar surface area (TPSA) is 0 Å². The lowest BCUT2D eigenvalue weighted by Crippen LogP contribution is -2.26. The summed E-state index contributed by atoms with van der Waals surface area (Å²) in [6, 6.07) is 14.2. The van der Waals surface area contributed by atoms with Gasteiger partial charge in [-0.2, -0.15) is 0 Å². The van der Waals surface area contributed by atoms with E-state index in [1.165, 1.54) is 81.4 Å². The van der Waals surface area contributed by atoms with Gasteiger partial charge in [-0.25, -0.2) is 0 Å². The molecule has 0 aliphatic rings. The van der Waals surface area contributed by atoms with Crippen LogP contribution in [0.1, 0.15) is 79.1 Å². The zero-order chi connectivity index (χ0) is 20.2. The molecule has 0 amide bonds. The van der Waals surface area contributed by atoms with Crippen LogP contribution in [0.3, 0.4) is 0 Å². The maximum Gasteiger partial charge on any atom is -0.00857 e. The monoisotopic (exact) mass is 416 g/mol. The smallest absolute Gasteiger partial charge is 0.00857 e. The highest BCUT2D eigenvalue weighted by molar-refractivity contribution is 7.72. The molecule has 0 aliphatic carbocycles. The van der Waals surface area contributed by atoms with Crippen molar-refractivity contribution in [1.29, 1.82) is 0 Å². The second kappa shape index (κ2) is 13.7. The molecule has 0 N–H and O–H groups in total. The molecule has 2 heteroatoms. The molecular formula is C26H42P2. The molecule has 0 aromatic heterocycles. The molecular weight excluding hydrogens is 374 g/mol. The minimum atomic E-state index is -0.0344. The van der Waals surface area contributed by atoms with Gasteiger partial charge in [0.05, 0.1) is 0 Å². The average molecular weight is 417 g/mol. The minimum absolute atomic E-state index is 0.00777. The van der Waals surface area contributed by atoms with E-state index in [4.69, 9.17) is 0 Å². The summed E-state index contributed by atoms with van der Waals surface area (Å²) >= 11 is 0. The van der Waals surface area contributed by atoms with Crippen molar-refractivity contribution in [2.45, 2.75) is 79.1 Å². The summed E-state index contributed by atoms with van der Waals surface area (Å²) in [5.41, 5.74) is 0. The second-order valence-electron chi connectivity index (χ2n) is 8.04. The largest absolute Gasteiger partial charge is 0.0746 e. The Kier molecular flexibility index (Phi) is 11.7. The van der Waals surface area contributed by atoms with Crippen molar-refractivity contribution >= 4 is 37.2 Å². The maximum atomic E-state index is 2.56. The van der Waals surface area contributed by atoms with Crippen LogP contribution in [0.4, 0.5) is 0 Å². The number of hydrogen-bond acceptors (Lipinski definition) is 0. The Morgan fingerprint density at radius 1 is 0.571 bits per heavy atom. The third-order valence-electron chi connectivity index (χ3n) is 5.66. The van der Waals surface area contributed by atoms with Crippen molar-refractivity contribution in [2.24, 2.45) is 0 Å². The predicted octanol–water partition coefficient (Wildman–Crippen LogP) is 8.25. The Morgan fingerprint density at radius 2 is 1.07 bits per heavy atom. The normalized spacial score (nSPS) is 11.8. The number of rotatable bonds is 14. The predicted molar refractivity (Wildman–Crippen MR) is 136 cm³/mol. The highest BCUT2D eigenvalue weighted by Crippen LogP contribution is 2.44. The van der Waals surface area contributed by atoms with Gasteiger partial charge in [-0.15, -0.1) is 0 Å². The fourth-order valence-corrected chi connectivity index (χ4v) is 10.6. The number of hydrogen-bond donors (Lipinski definition) is 0. The van der Waals surface area contributed by atoms with Gasteiger partial charge < -0.3 is 0 Å². The average Bonchev–Trinajstić information content (AvgIpc) is 2.74. The van der Waals surface area contributed by atoms with E-state index in [0.717, 1.165) is 0 Å². The lowest BCUT2D eigenvalue weighted by Gasteiger charge is -2.28. The molecule has 0 heterocycles. The van der Waals surface area contributed by atoms with Crippen LogP contribution in [-0.4, -0.2) is 24.6 Å². The quantitative estimate of drug-likeness (QED) is 0.272. The Balaban J connectivity index is 2.54. The lowest BCUT2D eigenvalue weighted by atomic mass is 10.1. The van der Waals surface area contributed by atoms with Crippen molar-refractivity contribution in [3.05, 3.63) is 36.4 Å². The van der Waals surface area contributed by atoms with Gasteiger partial charge >= 0.3 is 0 Å². The minimum Gasteiger partial charge on any atom is -0.0746 e. The summed E-state index contributed by atoms with van der Waals surface area (Å²) in [6.45, 7) is 9.41. The Labute approximate surface area is 177 Å². The molecule has 2 aromatic rings. The highest BCUT2D eigenvalue weighted by Gasteiger charge is 2.22. The van der Waals surface area contributed by atoms with Crippen LogP contribution in [0.25, 0.3) is 10.8 Å². The molecule has 0 fully saturated rings. The second-order valence-corrected chi connectivity index (χ2v) is 12.9. The molecule has 2 rings (SSSR count). The third-order valence-corrected chi connectivity index (χ3v) is 11.4. The van der Waals surface area contributed by atoms with Crippen LogP contribution in [0.2, 0.25) is 0 Å². The molecule has 0 aliphatic heterocycles. The standard InChI is InChI=1S/C26H42P2/c1-5-9-19-27(20-10-6-2)25-18-17-23-15-13-14-16-24(23)26(25)28(21-11-7-3)22-12-8-4/h13-18H,5-12,19-22H2,1-4H3. The van der Waals surface area contributed by atoms with E-state index in [9.17, 15) is 0 Å². The zero-order valence-electron chi connectivity index (χ0n) is 18.8. The maximum absolute atomic E-state index is 2.56. The van der Waals surface area contributed by atoms with Crippen molar-refractivity contribution in [2.75, 3.05) is 24.6 Å². The van der Waals surface area contributed by atoms with E-state index < -0.39 is 0 Å². The van der Waals surface area contributed by atoms with E-state index in [-0.39, 0.29) is 15.8 Å². The molecule has 156 valence electrons. The van der Waals surface area contributed by atoms with Gasteiger partial charge in [0.1, 0.15) is 0 Å². The first-order valence-corrected chi connectivity index (χ1v) is 15.2. The van der Waals surface area contributed by atoms with E-state index in [2.05, 4.69) is 64.1 Å². The fourth-order valence-electron chi connectivity index (χ4n) is 3.92. The van der Waals surface area contributed by atoms with Gasteiger partial charge in [-0.3, -0.25) is 0 Å². The van der Waals surface area contributed by atoms with Crippen molar-refractivity contribution in [1.82, 2.24) is 0 Å². The van der Waals surface area contributed by atoms with Gasteiger partial charge in [-0.05, 0) is 71.7 Å². The molecule has 0 saturated carbocycles. The Hall–Kier alpha value is -0.440. The number of fused-ring (bicyclic) bond motifs is 1. The first-order valence-electron chi connectivity index (χ1n) is 11.8. The van der Waals surface area contributed by atoms with E-state index in [1.807, 2.05) is 5.30 Å². The molecule has 2 aromatic carbocycles. The lowest BCUT2D eigenvalue weighted by molar-refractivity contribution is 0.870. The van der Waals surface area contributed by atoms with Gasteiger partial charge in [0.25, 0.3) is 0 Å².